The van der Waals surface area contributed by atoms with E-state index < -0.39 is 5.41 Å². The number of oxazole rings is 1. The van der Waals surface area contributed by atoms with Crippen LogP contribution < -0.4 is 20.1 Å². The minimum Gasteiger partial charge on any atom is -0.493 e. The second-order valence-corrected chi connectivity index (χ2v) is 7.84. The summed E-state index contributed by atoms with van der Waals surface area (Å²) in [4.78, 5) is 16.6. The summed E-state index contributed by atoms with van der Waals surface area (Å²) in [5, 5.41) is 5.91. The van der Waals surface area contributed by atoms with Gasteiger partial charge in [-0.15, -0.1) is 0 Å². The minimum atomic E-state index is -0.532. The Morgan fingerprint density at radius 3 is 2.45 bits per heavy atom. The number of fused-ring (bicyclic) bond motifs is 1. The number of amides is 1. The largest absolute Gasteiger partial charge is 0.493 e. The Morgan fingerprint density at radius 1 is 1.07 bits per heavy atom. The van der Waals surface area contributed by atoms with Gasteiger partial charge in [-0.3, -0.25) is 4.79 Å². The fourth-order valence-electron chi connectivity index (χ4n) is 2.55. The van der Waals surface area contributed by atoms with Gasteiger partial charge < -0.3 is 24.5 Å². The van der Waals surface area contributed by atoms with Crippen LogP contribution in [0.15, 0.2) is 40.8 Å². The number of thiocarbonyl (C=S) groups is 1. The van der Waals surface area contributed by atoms with Crippen LogP contribution in [0.25, 0.3) is 22.6 Å². The Morgan fingerprint density at radius 2 is 1.79 bits per heavy atom. The summed E-state index contributed by atoms with van der Waals surface area (Å²) in [7, 11) is 3.16. The highest BCUT2D eigenvalue weighted by atomic mass is 32.1. The summed E-state index contributed by atoms with van der Waals surface area (Å²) in [5.74, 6) is 1.52. The smallest absolute Gasteiger partial charge is 0.231 e. The monoisotopic (exact) mass is 413 g/mol. The van der Waals surface area contributed by atoms with E-state index in [1.54, 1.807) is 44.6 Å². The molecule has 0 unspecified atom stereocenters. The van der Waals surface area contributed by atoms with Crippen LogP contribution in [0.3, 0.4) is 0 Å². The molecule has 0 fully saturated rings. The quantitative estimate of drug-likeness (QED) is 0.614. The molecule has 0 atom stereocenters. The maximum absolute atomic E-state index is 12.1. The number of hydrogen-bond donors (Lipinski definition) is 2. The predicted octanol–water partition coefficient (Wildman–Crippen LogP) is 4.37. The molecule has 8 heteroatoms. The van der Waals surface area contributed by atoms with Crippen LogP contribution in [-0.2, 0) is 4.79 Å². The van der Waals surface area contributed by atoms with Crippen molar-refractivity contribution in [1.29, 1.82) is 0 Å². The van der Waals surface area contributed by atoms with Gasteiger partial charge in [0.05, 0.1) is 14.2 Å². The molecule has 0 aliphatic heterocycles. The first kappa shape index (κ1) is 20.6. The molecule has 1 aromatic heterocycles. The van der Waals surface area contributed by atoms with Crippen molar-refractivity contribution in [3.63, 3.8) is 0 Å². The van der Waals surface area contributed by atoms with E-state index in [9.17, 15) is 4.79 Å². The highest BCUT2D eigenvalue weighted by molar-refractivity contribution is 7.80. The first-order valence-corrected chi connectivity index (χ1v) is 9.37. The molecule has 29 heavy (non-hydrogen) atoms. The fourth-order valence-corrected chi connectivity index (χ4v) is 2.76. The number of nitrogens with one attached hydrogen (secondary N) is 2. The molecule has 0 radical (unpaired) electrons. The van der Waals surface area contributed by atoms with Crippen molar-refractivity contribution in [1.82, 2.24) is 10.3 Å². The maximum Gasteiger partial charge on any atom is 0.231 e. The zero-order valence-corrected chi connectivity index (χ0v) is 17.8. The van der Waals surface area contributed by atoms with Crippen LogP contribution >= 0.6 is 12.2 Å². The van der Waals surface area contributed by atoms with Crippen LogP contribution in [-0.4, -0.2) is 30.2 Å². The number of aromatic nitrogens is 1. The molecule has 2 N–H and O–H groups in total. The molecule has 0 saturated carbocycles. The SMILES string of the molecule is COc1ccc(-c2nc3cc(NC(=S)NC(=O)C(C)(C)C)ccc3o2)cc1OC. The van der Waals surface area contributed by atoms with Crippen LogP contribution in [0.4, 0.5) is 5.69 Å². The Balaban J connectivity index is 1.82. The summed E-state index contributed by atoms with van der Waals surface area (Å²) in [6, 6.07) is 10.9. The van der Waals surface area contributed by atoms with Crippen molar-refractivity contribution >= 4 is 40.0 Å². The number of methoxy groups -OCH3 is 2. The van der Waals surface area contributed by atoms with E-state index in [0.717, 1.165) is 5.56 Å². The third-order valence-corrected chi connectivity index (χ3v) is 4.39. The Labute approximate surface area is 174 Å². The maximum atomic E-state index is 12.1. The van der Waals surface area contributed by atoms with Crippen molar-refractivity contribution in [2.45, 2.75) is 20.8 Å². The third kappa shape index (κ3) is 4.65. The second-order valence-electron chi connectivity index (χ2n) is 7.43. The molecule has 152 valence electrons. The van der Waals surface area contributed by atoms with E-state index in [-0.39, 0.29) is 11.0 Å². The normalized spacial score (nSPS) is 11.2. The molecule has 1 amide bonds. The number of carbonyl (C=O) groups is 1. The summed E-state index contributed by atoms with van der Waals surface area (Å²) in [6.07, 6.45) is 0. The van der Waals surface area contributed by atoms with E-state index in [0.29, 0.717) is 34.2 Å². The summed E-state index contributed by atoms with van der Waals surface area (Å²) in [5.41, 5.74) is 2.22. The van der Waals surface area contributed by atoms with E-state index in [2.05, 4.69) is 15.6 Å². The Bertz CT molecular complexity index is 1070. The molecule has 0 saturated heterocycles. The zero-order chi connectivity index (χ0) is 21.2. The molecule has 2 aromatic carbocycles. The van der Waals surface area contributed by atoms with Crippen LogP contribution in [0.2, 0.25) is 0 Å². The number of nitrogens with zero attached hydrogens (tertiary/aromatic N) is 1. The lowest BCUT2D eigenvalue weighted by atomic mass is 9.96. The lowest BCUT2D eigenvalue weighted by Gasteiger charge is -2.18. The Hall–Kier alpha value is -3.13. The lowest BCUT2D eigenvalue weighted by Crippen LogP contribution is -2.41. The molecule has 0 bridgehead atoms. The Kier molecular flexibility index (Phi) is 5.74. The van der Waals surface area contributed by atoms with Crippen molar-refractivity contribution in [3.8, 4) is 23.0 Å². The molecule has 0 aliphatic rings. The van der Waals surface area contributed by atoms with Gasteiger partial charge in [-0.2, -0.15) is 0 Å². The van der Waals surface area contributed by atoms with Crippen molar-refractivity contribution in [3.05, 3.63) is 36.4 Å². The van der Waals surface area contributed by atoms with Crippen LogP contribution in [0, 0.1) is 5.41 Å². The topological polar surface area (TPSA) is 85.6 Å². The van der Waals surface area contributed by atoms with Gasteiger partial charge in [0, 0.05) is 16.7 Å². The van der Waals surface area contributed by atoms with Crippen LogP contribution in [0.1, 0.15) is 20.8 Å². The predicted molar refractivity (Wildman–Crippen MR) is 116 cm³/mol. The van der Waals surface area contributed by atoms with Crippen LogP contribution in [0.5, 0.6) is 11.5 Å². The average Bonchev–Trinajstić information content (AvgIpc) is 3.09. The number of rotatable bonds is 4. The third-order valence-electron chi connectivity index (χ3n) is 4.18. The molecule has 0 spiro atoms. The summed E-state index contributed by atoms with van der Waals surface area (Å²) >= 11 is 5.22. The number of ether oxygens (including phenoxy) is 2. The first-order chi connectivity index (χ1) is 13.7. The standard InChI is InChI=1S/C21H23N3O4S/c1-21(2,3)19(25)24-20(29)22-13-7-9-15-14(11-13)23-18(28-15)12-6-8-16(26-4)17(10-12)27-5/h6-11H,1-5H3,(H2,22,24,25,29). The molecule has 3 aromatic rings. The van der Waals surface area contributed by atoms with E-state index >= 15 is 0 Å². The average molecular weight is 413 g/mol. The zero-order valence-electron chi connectivity index (χ0n) is 17.0. The van der Waals surface area contributed by atoms with E-state index in [4.69, 9.17) is 26.1 Å². The van der Waals surface area contributed by atoms with Crippen molar-refractivity contribution in [2.75, 3.05) is 19.5 Å². The first-order valence-electron chi connectivity index (χ1n) is 8.96. The van der Waals surface area contributed by atoms with Gasteiger partial charge in [0.25, 0.3) is 0 Å². The van der Waals surface area contributed by atoms with Crippen molar-refractivity contribution < 1.29 is 18.7 Å². The fraction of sp³-hybridized carbons (Fsp3) is 0.286. The molecule has 1 heterocycles. The van der Waals surface area contributed by atoms with Gasteiger partial charge in [-0.25, -0.2) is 4.98 Å². The highest BCUT2D eigenvalue weighted by Gasteiger charge is 2.22. The molecular weight excluding hydrogens is 390 g/mol. The minimum absolute atomic E-state index is 0.159. The highest BCUT2D eigenvalue weighted by Crippen LogP contribution is 2.33. The molecule has 3 rings (SSSR count). The van der Waals surface area contributed by atoms with E-state index in [1.807, 2.05) is 26.8 Å². The van der Waals surface area contributed by atoms with Crippen molar-refractivity contribution in [2.24, 2.45) is 5.41 Å². The van der Waals surface area contributed by atoms with Gasteiger partial charge in [0.15, 0.2) is 22.2 Å². The number of hydrogen-bond acceptors (Lipinski definition) is 6. The molecule has 7 nitrogen and oxygen atoms in total. The van der Waals surface area contributed by atoms with Gasteiger partial charge >= 0.3 is 0 Å². The number of anilines is 1. The van der Waals surface area contributed by atoms with E-state index in [1.165, 1.54) is 0 Å². The van der Waals surface area contributed by atoms with Gasteiger partial charge in [-0.05, 0) is 48.6 Å². The van der Waals surface area contributed by atoms with Gasteiger partial charge in [0.1, 0.15) is 5.52 Å². The van der Waals surface area contributed by atoms with Gasteiger partial charge in [0.2, 0.25) is 11.8 Å². The second kappa shape index (κ2) is 8.08. The lowest BCUT2D eigenvalue weighted by molar-refractivity contribution is -0.126. The molecule has 0 aliphatic carbocycles. The van der Waals surface area contributed by atoms with Gasteiger partial charge in [-0.1, -0.05) is 20.8 Å². The number of carbonyl (C=O) groups excluding carboxylic acids is 1. The summed E-state index contributed by atoms with van der Waals surface area (Å²) < 4.78 is 16.5. The number of benzene rings is 2. The molecular formula is C21H23N3O4S. The summed E-state index contributed by atoms with van der Waals surface area (Å²) in [6.45, 7) is 5.46.